The van der Waals surface area contributed by atoms with E-state index in [4.69, 9.17) is 33.2 Å². The maximum absolute atomic E-state index is 10.6. The second-order valence-corrected chi connectivity index (χ2v) is 12.1. The van der Waals surface area contributed by atoms with E-state index in [9.17, 15) is 35.7 Å². The van der Waals surface area contributed by atoms with Gasteiger partial charge in [0, 0.05) is 6.61 Å². The van der Waals surface area contributed by atoms with Gasteiger partial charge in [-0.05, 0) is 6.42 Å². The molecule has 7 N–H and O–H groups in total. The van der Waals surface area contributed by atoms with Crippen LogP contribution in [-0.2, 0) is 33.2 Å². The van der Waals surface area contributed by atoms with E-state index in [0.717, 1.165) is 13.0 Å². The van der Waals surface area contributed by atoms with E-state index >= 15 is 0 Å². The molecule has 10 atom stereocenters. The van der Waals surface area contributed by atoms with Gasteiger partial charge in [0.2, 0.25) is 0 Å². The molecule has 46 heavy (non-hydrogen) atoms. The first-order valence-electron chi connectivity index (χ1n) is 17.3. The van der Waals surface area contributed by atoms with Crippen molar-refractivity contribution in [1.29, 1.82) is 0 Å². The van der Waals surface area contributed by atoms with Gasteiger partial charge in [0.15, 0.2) is 12.6 Å². The first kappa shape index (κ1) is 41.6. The number of ether oxygens (including phenoxy) is 7. The van der Waals surface area contributed by atoms with Crippen LogP contribution in [0.2, 0.25) is 0 Å². The van der Waals surface area contributed by atoms with E-state index in [-0.39, 0.29) is 13.2 Å². The van der Waals surface area contributed by atoms with Crippen LogP contribution in [0.15, 0.2) is 0 Å². The van der Waals surface area contributed by atoms with Crippen LogP contribution in [0.25, 0.3) is 0 Å². The molecule has 14 heteroatoms. The molecule has 0 aromatic heterocycles. The molecule has 2 aliphatic rings. The predicted molar refractivity (Wildman–Crippen MR) is 166 cm³/mol. The minimum atomic E-state index is -1.73. The second-order valence-electron chi connectivity index (χ2n) is 12.1. The van der Waals surface area contributed by atoms with Crippen molar-refractivity contribution in [3.8, 4) is 0 Å². The second kappa shape index (κ2) is 25.4. The standard InChI is InChI=1S/C32H62O14/c1-2-3-4-5-6-7-8-9-10-11-12-13-14-40-15-16-41-17-18-42-19-20-43-31-29(39)27(37)30(24(22-34)45-31)46-32-28(38)26(36)25(35)23(21-33)44-32/h23-39H,2-22H2,1H3/t23-,24-,25+,26+,27-,28-,29-,30-,31+,32+/m1/s1. The van der Waals surface area contributed by atoms with Crippen LogP contribution in [0.1, 0.15) is 84.0 Å². The molecule has 0 bridgehead atoms. The maximum Gasteiger partial charge on any atom is 0.187 e. The van der Waals surface area contributed by atoms with Gasteiger partial charge in [-0.2, -0.15) is 0 Å². The fourth-order valence-electron chi connectivity index (χ4n) is 5.50. The molecule has 2 saturated heterocycles. The zero-order valence-corrected chi connectivity index (χ0v) is 27.6. The molecule has 0 aromatic carbocycles. The zero-order valence-electron chi connectivity index (χ0n) is 27.6. The van der Waals surface area contributed by atoms with E-state index in [1.165, 1.54) is 70.6 Å². The van der Waals surface area contributed by atoms with E-state index in [1.54, 1.807) is 0 Å². The first-order valence-corrected chi connectivity index (χ1v) is 17.3. The zero-order chi connectivity index (χ0) is 33.6. The Hall–Kier alpha value is -0.560. The van der Waals surface area contributed by atoms with E-state index < -0.39 is 74.6 Å². The monoisotopic (exact) mass is 670 g/mol. The highest BCUT2D eigenvalue weighted by molar-refractivity contribution is 4.94. The van der Waals surface area contributed by atoms with Crippen LogP contribution >= 0.6 is 0 Å². The largest absolute Gasteiger partial charge is 0.394 e. The van der Waals surface area contributed by atoms with Crippen molar-refractivity contribution in [2.45, 2.75) is 145 Å². The van der Waals surface area contributed by atoms with Crippen LogP contribution in [0.4, 0.5) is 0 Å². The third-order valence-electron chi connectivity index (χ3n) is 8.36. The fraction of sp³-hybridized carbons (Fsp3) is 1.00. The van der Waals surface area contributed by atoms with Gasteiger partial charge < -0.3 is 68.9 Å². The third-order valence-corrected chi connectivity index (χ3v) is 8.36. The molecule has 2 fully saturated rings. The fourth-order valence-corrected chi connectivity index (χ4v) is 5.50. The highest BCUT2D eigenvalue weighted by atomic mass is 16.7. The molecule has 274 valence electrons. The van der Waals surface area contributed by atoms with Crippen molar-refractivity contribution >= 4 is 0 Å². The molecule has 0 amide bonds. The Labute approximate surface area is 273 Å². The van der Waals surface area contributed by atoms with Gasteiger partial charge in [0.1, 0.15) is 48.8 Å². The van der Waals surface area contributed by atoms with Crippen molar-refractivity contribution in [2.24, 2.45) is 0 Å². The van der Waals surface area contributed by atoms with Gasteiger partial charge in [0.05, 0.1) is 52.9 Å². The van der Waals surface area contributed by atoms with Crippen LogP contribution in [0, 0.1) is 0 Å². The van der Waals surface area contributed by atoms with Gasteiger partial charge in [-0.25, -0.2) is 0 Å². The summed E-state index contributed by atoms with van der Waals surface area (Å²) in [6.07, 6.45) is 0.850. The van der Waals surface area contributed by atoms with Gasteiger partial charge in [-0.3, -0.25) is 0 Å². The molecule has 14 nitrogen and oxygen atoms in total. The number of hydrogen-bond donors (Lipinski definition) is 7. The van der Waals surface area contributed by atoms with E-state index in [2.05, 4.69) is 6.92 Å². The summed E-state index contributed by atoms with van der Waals surface area (Å²) in [6.45, 7) is 3.60. The van der Waals surface area contributed by atoms with Crippen molar-refractivity contribution in [2.75, 3.05) is 59.5 Å². The van der Waals surface area contributed by atoms with E-state index in [1.807, 2.05) is 0 Å². The molecule has 0 unspecified atom stereocenters. The summed E-state index contributed by atoms with van der Waals surface area (Å²) < 4.78 is 38.5. The number of rotatable bonds is 27. The summed E-state index contributed by atoms with van der Waals surface area (Å²) in [5.74, 6) is 0. The van der Waals surface area contributed by atoms with Crippen LogP contribution in [-0.4, -0.2) is 157 Å². The molecule has 0 aromatic rings. The molecule has 0 radical (unpaired) electrons. The lowest BCUT2D eigenvalue weighted by atomic mass is 9.97. The Kier molecular flexibility index (Phi) is 23.0. The summed E-state index contributed by atoms with van der Waals surface area (Å²) >= 11 is 0. The third kappa shape index (κ3) is 15.3. The molecule has 2 aliphatic heterocycles. The maximum atomic E-state index is 10.6. The van der Waals surface area contributed by atoms with Crippen molar-refractivity contribution in [3.05, 3.63) is 0 Å². The number of hydrogen-bond acceptors (Lipinski definition) is 14. The normalized spacial score (nSPS) is 31.8. The Balaban J connectivity index is 1.46. The van der Waals surface area contributed by atoms with Gasteiger partial charge in [-0.1, -0.05) is 77.6 Å². The Bertz CT molecular complexity index is 716. The minimum absolute atomic E-state index is 0.0208. The van der Waals surface area contributed by atoms with Crippen LogP contribution < -0.4 is 0 Å². The predicted octanol–water partition coefficient (Wildman–Crippen LogP) is 0.378. The average Bonchev–Trinajstić information content (AvgIpc) is 3.06. The molecule has 2 heterocycles. The Morgan fingerprint density at radius 2 is 0.913 bits per heavy atom. The number of aliphatic hydroxyl groups is 7. The summed E-state index contributed by atoms with van der Waals surface area (Å²) in [4.78, 5) is 0. The lowest BCUT2D eigenvalue weighted by Gasteiger charge is -2.45. The Morgan fingerprint density at radius 3 is 1.46 bits per heavy atom. The highest BCUT2D eigenvalue weighted by Crippen LogP contribution is 2.29. The van der Waals surface area contributed by atoms with Crippen molar-refractivity contribution < 1.29 is 68.9 Å². The number of unbranched alkanes of at least 4 members (excludes halogenated alkanes) is 11. The quantitative estimate of drug-likeness (QED) is 0.0590. The smallest absolute Gasteiger partial charge is 0.187 e. The van der Waals surface area contributed by atoms with Crippen LogP contribution in [0.5, 0.6) is 0 Å². The molecular weight excluding hydrogens is 608 g/mol. The lowest BCUT2D eigenvalue weighted by Crippen LogP contribution is -2.64. The lowest BCUT2D eigenvalue weighted by molar-refractivity contribution is -0.359. The molecule has 0 aliphatic carbocycles. The van der Waals surface area contributed by atoms with Gasteiger partial charge >= 0.3 is 0 Å². The topological polar surface area (TPSA) is 206 Å². The SMILES string of the molecule is CCCCCCCCCCCCCCOCCOCCOCCO[C@H]1O[C@H](CO)[C@@H](O[C@@H]2O[C@H](CO)[C@H](O)[C@H](O)[C@H]2O)[C@H](O)[C@H]1O. The highest BCUT2D eigenvalue weighted by Gasteiger charge is 2.50. The van der Waals surface area contributed by atoms with Gasteiger partial charge in [0.25, 0.3) is 0 Å². The molecule has 2 rings (SSSR count). The summed E-state index contributed by atoms with van der Waals surface area (Å²) in [5.41, 5.74) is 0. The average molecular weight is 671 g/mol. The minimum Gasteiger partial charge on any atom is -0.394 e. The Morgan fingerprint density at radius 1 is 0.457 bits per heavy atom. The van der Waals surface area contributed by atoms with Crippen molar-refractivity contribution in [1.82, 2.24) is 0 Å². The molecule has 0 spiro atoms. The molecule has 0 saturated carbocycles. The first-order chi connectivity index (χ1) is 22.3. The summed E-state index contributed by atoms with van der Waals surface area (Å²) in [5, 5.41) is 70.4. The van der Waals surface area contributed by atoms with Gasteiger partial charge in [-0.15, -0.1) is 0 Å². The van der Waals surface area contributed by atoms with Crippen molar-refractivity contribution in [3.63, 3.8) is 0 Å². The van der Waals surface area contributed by atoms with E-state index in [0.29, 0.717) is 26.4 Å². The van der Waals surface area contributed by atoms with Crippen LogP contribution in [0.3, 0.4) is 0 Å². The summed E-state index contributed by atoms with van der Waals surface area (Å²) in [6, 6.07) is 0. The number of aliphatic hydroxyl groups excluding tert-OH is 7. The molecular formula is C32H62O14. The summed E-state index contributed by atoms with van der Waals surface area (Å²) in [7, 11) is 0.